The minimum Gasteiger partial charge on any atom is -0.493 e. The van der Waals surface area contributed by atoms with Crippen molar-refractivity contribution in [2.75, 3.05) is 47.9 Å². The van der Waals surface area contributed by atoms with Crippen LogP contribution in [0.2, 0.25) is 0 Å². The van der Waals surface area contributed by atoms with Crippen LogP contribution in [0.25, 0.3) is 0 Å². The predicted molar refractivity (Wildman–Crippen MR) is 91.3 cm³/mol. The molecule has 0 unspecified atom stereocenters. The Hall–Kier alpha value is -1.57. The zero-order chi connectivity index (χ0) is 16.4. The highest BCUT2D eigenvalue weighted by molar-refractivity contribution is 5.42. The van der Waals surface area contributed by atoms with Crippen molar-refractivity contribution >= 4 is 0 Å². The van der Waals surface area contributed by atoms with Gasteiger partial charge in [-0.1, -0.05) is 0 Å². The highest BCUT2D eigenvalue weighted by atomic mass is 16.5. The smallest absolute Gasteiger partial charge is 0.122 e. The molecule has 0 fully saturated rings. The Balaban J connectivity index is 2.56. The molecule has 0 radical (unpaired) electrons. The third kappa shape index (κ3) is 7.44. The normalized spacial score (nSPS) is 11.0. The summed E-state index contributed by atoms with van der Waals surface area (Å²) in [7, 11) is 8.32. The molecule has 0 aromatic heterocycles. The molecule has 1 rings (SSSR count). The standard InChI is InChI=1S/C18H29N3O/c1-20(2)11-6-5-8-17-14-16(15-19)9-10-18(17)22-13-7-12-21(3)4/h9-10,14H,5-8,11-13H2,1-4H3. The van der Waals surface area contributed by atoms with Gasteiger partial charge < -0.3 is 14.5 Å². The first kappa shape index (κ1) is 18.5. The molecule has 0 aliphatic heterocycles. The number of rotatable bonds is 10. The second kappa shape index (κ2) is 10.2. The SMILES string of the molecule is CN(C)CCCCc1cc(C#N)ccc1OCCCN(C)C. The summed E-state index contributed by atoms with van der Waals surface area (Å²) >= 11 is 0. The van der Waals surface area contributed by atoms with Crippen LogP contribution in [0, 0.1) is 11.3 Å². The van der Waals surface area contributed by atoms with Crippen molar-refractivity contribution < 1.29 is 4.74 Å². The van der Waals surface area contributed by atoms with Crippen molar-refractivity contribution in [3.63, 3.8) is 0 Å². The molecule has 0 saturated heterocycles. The molecule has 4 nitrogen and oxygen atoms in total. The van der Waals surface area contributed by atoms with E-state index in [-0.39, 0.29) is 0 Å². The molecule has 0 aliphatic carbocycles. The maximum Gasteiger partial charge on any atom is 0.122 e. The van der Waals surface area contributed by atoms with Crippen molar-refractivity contribution in [1.82, 2.24) is 9.80 Å². The number of benzene rings is 1. The van der Waals surface area contributed by atoms with Crippen LogP contribution >= 0.6 is 0 Å². The number of nitriles is 1. The van der Waals surface area contributed by atoms with Gasteiger partial charge >= 0.3 is 0 Å². The molecule has 0 atom stereocenters. The van der Waals surface area contributed by atoms with Gasteiger partial charge in [0.15, 0.2) is 0 Å². The first-order valence-electron chi connectivity index (χ1n) is 7.98. The van der Waals surface area contributed by atoms with Crippen LogP contribution in [0.1, 0.15) is 30.4 Å². The van der Waals surface area contributed by atoms with E-state index in [1.54, 1.807) is 0 Å². The Labute approximate surface area is 135 Å². The summed E-state index contributed by atoms with van der Waals surface area (Å²) < 4.78 is 5.92. The number of nitrogens with zero attached hydrogens (tertiary/aromatic N) is 3. The zero-order valence-electron chi connectivity index (χ0n) is 14.4. The maximum absolute atomic E-state index is 9.07. The van der Waals surface area contributed by atoms with Crippen LogP contribution in [0.15, 0.2) is 18.2 Å². The molecule has 0 aliphatic rings. The van der Waals surface area contributed by atoms with Crippen LogP contribution in [0.3, 0.4) is 0 Å². The third-order valence-electron chi connectivity index (χ3n) is 3.50. The maximum atomic E-state index is 9.07. The molecule has 0 spiro atoms. The molecular weight excluding hydrogens is 274 g/mol. The molecule has 0 amide bonds. The monoisotopic (exact) mass is 303 g/mol. The van der Waals surface area contributed by atoms with Gasteiger partial charge in [0.1, 0.15) is 5.75 Å². The minimum atomic E-state index is 0.711. The van der Waals surface area contributed by atoms with E-state index in [1.807, 2.05) is 18.2 Å². The Bertz CT molecular complexity index is 478. The molecule has 1 aromatic rings. The average Bonchev–Trinajstić information content (AvgIpc) is 2.48. The lowest BCUT2D eigenvalue weighted by molar-refractivity contribution is 0.279. The van der Waals surface area contributed by atoms with E-state index >= 15 is 0 Å². The lowest BCUT2D eigenvalue weighted by Gasteiger charge is -2.14. The van der Waals surface area contributed by atoms with E-state index in [0.29, 0.717) is 5.56 Å². The van der Waals surface area contributed by atoms with Crippen molar-refractivity contribution in [2.45, 2.75) is 25.7 Å². The number of ether oxygens (including phenoxy) is 1. The van der Waals surface area contributed by atoms with Crippen molar-refractivity contribution in [3.8, 4) is 11.8 Å². The third-order valence-corrected chi connectivity index (χ3v) is 3.50. The van der Waals surface area contributed by atoms with Crippen LogP contribution < -0.4 is 4.74 Å². The van der Waals surface area contributed by atoms with Crippen LogP contribution in [0.4, 0.5) is 0 Å². The Morgan fingerprint density at radius 1 is 1.00 bits per heavy atom. The fourth-order valence-electron chi connectivity index (χ4n) is 2.29. The number of hydrogen-bond donors (Lipinski definition) is 0. The van der Waals surface area contributed by atoms with Gasteiger partial charge in [-0.2, -0.15) is 5.26 Å². The summed E-state index contributed by atoms with van der Waals surface area (Å²) in [6.45, 7) is 2.83. The summed E-state index contributed by atoms with van der Waals surface area (Å²) in [5.41, 5.74) is 1.87. The van der Waals surface area contributed by atoms with Crippen molar-refractivity contribution in [1.29, 1.82) is 5.26 Å². The lowest BCUT2D eigenvalue weighted by atomic mass is 10.0. The summed E-state index contributed by atoms with van der Waals surface area (Å²) in [5, 5.41) is 9.07. The van der Waals surface area contributed by atoms with Gasteiger partial charge in [0.05, 0.1) is 18.2 Å². The summed E-state index contributed by atoms with van der Waals surface area (Å²) in [6.07, 6.45) is 4.24. The van der Waals surface area contributed by atoms with Crippen LogP contribution in [0.5, 0.6) is 5.75 Å². The first-order chi connectivity index (χ1) is 10.5. The summed E-state index contributed by atoms with van der Waals surface area (Å²) in [5.74, 6) is 0.933. The highest BCUT2D eigenvalue weighted by Gasteiger charge is 2.06. The van der Waals surface area contributed by atoms with Crippen LogP contribution in [-0.2, 0) is 6.42 Å². The van der Waals surface area contributed by atoms with E-state index < -0.39 is 0 Å². The summed E-state index contributed by atoms with van der Waals surface area (Å²) in [6, 6.07) is 7.96. The molecule has 0 heterocycles. The second-order valence-electron chi connectivity index (χ2n) is 6.20. The van der Waals surface area contributed by atoms with E-state index in [2.05, 4.69) is 44.1 Å². The summed E-state index contributed by atoms with van der Waals surface area (Å²) in [4.78, 5) is 4.36. The fourth-order valence-corrected chi connectivity index (χ4v) is 2.29. The molecule has 0 saturated carbocycles. The second-order valence-corrected chi connectivity index (χ2v) is 6.20. The van der Waals surface area contributed by atoms with Gasteiger partial charge in [-0.25, -0.2) is 0 Å². The van der Waals surface area contributed by atoms with Gasteiger partial charge in [0, 0.05) is 6.54 Å². The zero-order valence-corrected chi connectivity index (χ0v) is 14.4. The number of aryl methyl sites for hydroxylation is 1. The number of unbranched alkanes of at least 4 members (excludes halogenated alkanes) is 1. The Morgan fingerprint density at radius 3 is 2.32 bits per heavy atom. The van der Waals surface area contributed by atoms with Gasteiger partial charge in [-0.15, -0.1) is 0 Å². The van der Waals surface area contributed by atoms with E-state index in [4.69, 9.17) is 10.00 Å². The predicted octanol–water partition coefficient (Wildman–Crippen LogP) is 2.77. The molecule has 22 heavy (non-hydrogen) atoms. The first-order valence-corrected chi connectivity index (χ1v) is 7.98. The molecule has 122 valence electrons. The van der Waals surface area contributed by atoms with Gasteiger partial charge in [-0.3, -0.25) is 0 Å². The average molecular weight is 303 g/mol. The minimum absolute atomic E-state index is 0.711. The fraction of sp³-hybridized carbons (Fsp3) is 0.611. The Kier molecular flexibility index (Phi) is 8.57. The van der Waals surface area contributed by atoms with Gasteiger partial charge in [0.25, 0.3) is 0 Å². The van der Waals surface area contributed by atoms with Crippen molar-refractivity contribution in [2.24, 2.45) is 0 Å². The van der Waals surface area contributed by atoms with E-state index in [9.17, 15) is 0 Å². The van der Waals surface area contributed by atoms with Crippen LogP contribution in [-0.4, -0.2) is 57.7 Å². The topological polar surface area (TPSA) is 39.5 Å². The van der Waals surface area contributed by atoms with Gasteiger partial charge in [0.2, 0.25) is 0 Å². The largest absolute Gasteiger partial charge is 0.493 e. The molecule has 0 N–H and O–H groups in total. The van der Waals surface area contributed by atoms with E-state index in [0.717, 1.165) is 56.7 Å². The number of hydrogen-bond acceptors (Lipinski definition) is 4. The molecule has 4 heteroatoms. The quantitative estimate of drug-likeness (QED) is 0.623. The Morgan fingerprint density at radius 2 is 1.68 bits per heavy atom. The highest BCUT2D eigenvalue weighted by Crippen LogP contribution is 2.22. The van der Waals surface area contributed by atoms with E-state index in [1.165, 1.54) is 0 Å². The molecular formula is C18H29N3O. The van der Waals surface area contributed by atoms with Gasteiger partial charge in [-0.05, 0) is 84.2 Å². The molecule has 0 bridgehead atoms. The van der Waals surface area contributed by atoms with Crippen molar-refractivity contribution in [3.05, 3.63) is 29.3 Å². The lowest BCUT2D eigenvalue weighted by Crippen LogP contribution is -2.16. The molecule has 1 aromatic carbocycles.